The largest absolute Gasteiger partial charge is 0.495 e. The molecule has 0 saturated heterocycles. The number of halogens is 1. The number of rotatable bonds is 4. The van der Waals surface area contributed by atoms with E-state index in [4.69, 9.17) is 10.5 Å². The molecule has 0 bridgehead atoms. The lowest BCUT2D eigenvalue weighted by molar-refractivity contribution is 0.0982. The Labute approximate surface area is 117 Å². The lowest BCUT2D eigenvalue weighted by atomic mass is 9.85. The molecule has 0 aromatic heterocycles. The Morgan fingerprint density at radius 1 is 1.39 bits per heavy atom. The van der Waals surface area contributed by atoms with E-state index >= 15 is 0 Å². The third kappa shape index (κ3) is 3.33. The van der Waals surface area contributed by atoms with Gasteiger partial charge in [-0.15, -0.1) is 0 Å². The maximum absolute atomic E-state index is 12.1. The highest BCUT2D eigenvalue weighted by Gasteiger charge is 2.21. The minimum Gasteiger partial charge on any atom is -0.495 e. The van der Waals surface area contributed by atoms with E-state index in [-0.39, 0.29) is 11.2 Å². The molecule has 0 atom stereocenters. The second-order valence-corrected chi connectivity index (χ2v) is 6.11. The van der Waals surface area contributed by atoms with Crippen LogP contribution < -0.4 is 10.5 Å². The monoisotopic (exact) mass is 313 g/mol. The molecular formula is C14H20BrNO2. The van der Waals surface area contributed by atoms with Gasteiger partial charge in [0, 0.05) is 6.42 Å². The van der Waals surface area contributed by atoms with Gasteiger partial charge in [-0.1, -0.05) is 20.8 Å². The van der Waals surface area contributed by atoms with Gasteiger partial charge in [0.05, 0.1) is 17.1 Å². The van der Waals surface area contributed by atoms with Crippen LogP contribution in [0.4, 0.5) is 0 Å². The summed E-state index contributed by atoms with van der Waals surface area (Å²) in [6.45, 7) is 6.68. The second-order valence-electron chi connectivity index (χ2n) is 5.25. The average Bonchev–Trinajstić information content (AvgIpc) is 2.27. The first-order valence-electron chi connectivity index (χ1n) is 5.92. The van der Waals surface area contributed by atoms with Crippen molar-refractivity contribution in [3.8, 4) is 5.75 Å². The molecule has 1 rings (SSSR count). The fourth-order valence-electron chi connectivity index (χ4n) is 1.71. The summed E-state index contributed by atoms with van der Waals surface area (Å²) in [7, 11) is 1.57. The normalized spacial score (nSPS) is 11.4. The highest BCUT2D eigenvalue weighted by molar-refractivity contribution is 9.10. The van der Waals surface area contributed by atoms with E-state index in [1.54, 1.807) is 7.11 Å². The van der Waals surface area contributed by atoms with Gasteiger partial charge >= 0.3 is 0 Å². The molecule has 100 valence electrons. The van der Waals surface area contributed by atoms with E-state index in [1.165, 1.54) is 0 Å². The van der Waals surface area contributed by atoms with E-state index in [0.717, 1.165) is 10.0 Å². The summed E-state index contributed by atoms with van der Waals surface area (Å²) in [5, 5.41) is 0. The van der Waals surface area contributed by atoms with Crippen LogP contribution in [0.3, 0.4) is 0 Å². The van der Waals surface area contributed by atoms with Gasteiger partial charge in [0.25, 0.3) is 0 Å². The molecule has 0 heterocycles. The SMILES string of the molecule is COc1c(Br)cc(C(C)(C)C)cc1C(=O)CCN. The van der Waals surface area contributed by atoms with Crippen molar-refractivity contribution >= 4 is 21.7 Å². The number of carbonyl (C=O) groups is 1. The molecule has 0 amide bonds. The highest BCUT2D eigenvalue weighted by Crippen LogP contribution is 2.35. The lowest BCUT2D eigenvalue weighted by Gasteiger charge is -2.22. The van der Waals surface area contributed by atoms with Crippen molar-refractivity contribution in [2.75, 3.05) is 13.7 Å². The number of methoxy groups -OCH3 is 1. The van der Waals surface area contributed by atoms with Crippen LogP contribution in [0.5, 0.6) is 5.75 Å². The molecule has 3 nitrogen and oxygen atoms in total. The van der Waals surface area contributed by atoms with Crippen molar-refractivity contribution in [1.29, 1.82) is 0 Å². The maximum atomic E-state index is 12.1. The van der Waals surface area contributed by atoms with Crippen LogP contribution in [0.2, 0.25) is 0 Å². The minimum atomic E-state index is -0.0213. The van der Waals surface area contributed by atoms with E-state index < -0.39 is 0 Å². The number of carbonyl (C=O) groups excluding carboxylic acids is 1. The van der Waals surface area contributed by atoms with Crippen LogP contribution in [-0.4, -0.2) is 19.4 Å². The molecular weight excluding hydrogens is 294 g/mol. The molecule has 0 radical (unpaired) electrons. The van der Waals surface area contributed by atoms with Crippen molar-refractivity contribution in [2.45, 2.75) is 32.6 Å². The molecule has 0 spiro atoms. The van der Waals surface area contributed by atoms with Gasteiger partial charge in [-0.05, 0) is 45.6 Å². The van der Waals surface area contributed by atoms with E-state index in [9.17, 15) is 4.79 Å². The second kappa shape index (κ2) is 5.85. The van der Waals surface area contributed by atoms with Gasteiger partial charge in [0.2, 0.25) is 0 Å². The molecule has 0 aliphatic carbocycles. The van der Waals surface area contributed by atoms with Crippen LogP contribution >= 0.6 is 15.9 Å². The summed E-state index contributed by atoms with van der Waals surface area (Å²) >= 11 is 3.46. The number of Topliss-reactive ketones (excluding diaryl/α,β-unsaturated/α-hetero) is 1. The number of hydrogen-bond donors (Lipinski definition) is 1. The van der Waals surface area contributed by atoms with Crippen molar-refractivity contribution in [3.05, 3.63) is 27.7 Å². The zero-order chi connectivity index (χ0) is 13.9. The Kier molecular flexibility index (Phi) is 4.93. The number of benzene rings is 1. The summed E-state index contributed by atoms with van der Waals surface area (Å²) < 4.78 is 6.11. The van der Waals surface area contributed by atoms with Crippen LogP contribution in [0.25, 0.3) is 0 Å². The van der Waals surface area contributed by atoms with Gasteiger partial charge in [-0.25, -0.2) is 0 Å². The van der Waals surface area contributed by atoms with Crippen molar-refractivity contribution in [3.63, 3.8) is 0 Å². The highest BCUT2D eigenvalue weighted by atomic mass is 79.9. The van der Waals surface area contributed by atoms with E-state index in [0.29, 0.717) is 24.3 Å². The standard InChI is InChI=1S/C14H20BrNO2/c1-14(2,3)9-7-10(12(17)5-6-16)13(18-4)11(15)8-9/h7-8H,5-6,16H2,1-4H3. The van der Waals surface area contributed by atoms with E-state index in [1.807, 2.05) is 12.1 Å². The third-order valence-corrected chi connectivity index (χ3v) is 3.37. The lowest BCUT2D eigenvalue weighted by Crippen LogP contribution is -2.15. The molecule has 0 aliphatic heterocycles. The summed E-state index contributed by atoms with van der Waals surface area (Å²) in [5.74, 6) is 0.600. The molecule has 4 heteroatoms. The number of ketones is 1. The topological polar surface area (TPSA) is 52.3 Å². The zero-order valence-electron chi connectivity index (χ0n) is 11.3. The predicted molar refractivity (Wildman–Crippen MR) is 77.4 cm³/mol. The Balaban J connectivity index is 3.37. The van der Waals surface area contributed by atoms with Crippen LogP contribution in [-0.2, 0) is 5.41 Å². The molecule has 1 aromatic carbocycles. The summed E-state index contributed by atoms with van der Waals surface area (Å²) in [4.78, 5) is 12.1. The summed E-state index contributed by atoms with van der Waals surface area (Å²) in [5.41, 5.74) is 7.12. The first kappa shape index (κ1) is 15.2. The smallest absolute Gasteiger partial charge is 0.167 e. The molecule has 0 saturated carbocycles. The molecule has 18 heavy (non-hydrogen) atoms. The number of ether oxygens (including phenoxy) is 1. The first-order chi connectivity index (χ1) is 8.31. The number of hydrogen-bond acceptors (Lipinski definition) is 3. The predicted octanol–water partition coefficient (Wildman–Crippen LogP) is 3.29. The third-order valence-electron chi connectivity index (χ3n) is 2.79. The van der Waals surface area contributed by atoms with Crippen LogP contribution in [0.1, 0.15) is 43.1 Å². The van der Waals surface area contributed by atoms with E-state index in [2.05, 4.69) is 36.7 Å². The van der Waals surface area contributed by atoms with Gasteiger partial charge in [0.15, 0.2) is 5.78 Å². The zero-order valence-corrected chi connectivity index (χ0v) is 12.9. The van der Waals surface area contributed by atoms with Gasteiger partial charge < -0.3 is 10.5 Å². The van der Waals surface area contributed by atoms with Crippen molar-refractivity contribution in [2.24, 2.45) is 5.73 Å². The number of nitrogens with two attached hydrogens (primary N) is 1. The van der Waals surface area contributed by atoms with Crippen LogP contribution in [0.15, 0.2) is 16.6 Å². The molecule has 0 fully saturated rings. The molecule has 2 N–H and O–H groups in total. The Morgan fingerprint density at radius 2 is 2.00 bits per heavy atom. The Bertz CT molecular complexity index is 450. The quantitative estimate of drug-likeness (QED) is 0.868. The first-order valence-corrected chi connectivity index (χ1v) is 6.71. The van der Waals surface area contributed by atoms with Gasteiger partial charge in [0.1, 0.15) is 5.75 Å². The average molecular weight is 314 g/mol. The van der Waals surface area contributed by atoms with Crippen molar-refractivity contribution < 1.29 is 9.53 Å². The fourth-order valence-corrected chi connectivity index (χ4v) is 2.33. The van der Waals surface area contributed by atoms with Gasteiger partial charge in [-0.3, -0.25) is 4.79 Å². The fraction of sp³-hybridized carbons (Fsp3) is 0.500. The van der Waals surface area contributed by atoms with Crippen LogP contribution in [0, 0.1) is 0 Å². The van der Waals surface area contributed by atoms with Crippen molar-refractivity contribution in [1.82, 2.24) is 0 Å². The summed E-state index contributed by atoms with van der Waals surface area (Å²) in [6.07, 6.45) is 0.330. The Hall–Kier alpha value is -0.870. The Morgan fingerprint density at radius 3 is 2.44 bits per heavy atom. The molecule has 0 unspecified atom stereocenters. The van der Waals surface area contributed by atoms with Gasteiger partial charge in [-0.2, -0.15) is 0 Å². The maximum Gasteiger partial charge on any atom is 0.167 e. The molecule has 1 aromatic rings. The molecule has 0 aliphatic rings. The summed E-state index contributed by atoms with van der Waals surface area (Å²) in [6, 6.07) is 3.90. The minimum absolute atomic E-state index is 0.0150.